The molecule has 1 unspecified atom stereocenters. The lowest BCUT2D eigenvalue weighted by molar-refractivity contribution is 0.119. The molecule has 0 aliphatic rings. The Labute approximate surface area is 63.2 Å². The molecule has 0 aliphatic carbocycles. The summed E-state index contributed by atoms with van der Waals surface area (Å²) in [6.45, 7) is 1.90. The molecule has 56 valence electrons. The fraction of sp³-hybridized carbons (Fsp3) is 0.600. The van der Waals surface area contributed by atoms with Crippen molar-refractivity contribution in [2.24, 2.45) is 0 Å². The van der Waals surface area contributed by atoms with E-state index in [1.807, 2.05) is 6.92 Å². The van der Waals surface area contributed by atoms with Gasteiger partial charge in [0.25, 0.3) is 0 Å². The predicted octanol–water partition coefficient (Wildman–Crippen LogP) is 0.828. The summed E-state index contributed by atoms with van der Waals surface area (Å²) in [5.41, 5.74) is 5.30. The van der Waals surface area contributed by atoms with Crippen molar-refractivity contribution < 1.29 is 4.74 Å². The molecule has 0 spiro atoms. The van der Waals surface area contributed by atoms with Gasteiger partial charge in [-0.1, -0.05) is 0 Å². The molecule has 2 N–H and O–H groups in total. The van der Waals surface area contributed by atoms with Gasteiger partial charge in [-0.3, -0.25) is 0 Å². The molecule has 0 saturated heterocycles. The van der Waals surface area contributed by atoms with E-state index >= 15 is 0 Å². The first-order chi connectivity index (χ1) is 4.74. The minimum absolute atomic E-state index is 0.00481. The van der Waals surface area contributed by atoms with Gasteiger partial charge in [-0.15, -0.1) is 0 Å². The number of aromatic nitrogens is 2. The zero-order valence-corrected chi connectivity index (χ0v) is 6.68. The summed E-state index contributed by atoms with van der Waals surface area (Å²) in [7, 11) is 1.63. The molecule has 0 fully saturated rings. The fourth-order valence-corrected chi connectivity index (χ4v) is 1.12. The first-order valence-corrected chi connectivity index (χ1v) is 3.63. The molecule has 0 radical (unpaired) electrons. The fourth-order valence-electron chi connectivity index (χ4n) is 0.513. The molecule has 1 rings (SSSR count). The van der Waals surface area contributed by atoms with Gasteiger partial charge in [-0.05, 0) is 18.5 Å². The van der Waals surface area contributed by atoms with E-state index in [0.717, 1.165) is 5.01 Å². The first-order valence-electron chi connectivity index (χ1n) is 2.86. The van der Waals surface area contributed by atoms with Crippen molar-refractivity contribution in [3.05, 3.63) is 5.01 Å². The zero-order valence-electron chi connectivity index (χ0n) is 5.87. The van der Waals surface area contributed by atoms with Crippen LogP contribution < -0.4 is 5.73 Å². The van der Waals surface area contributed by atoms with Gasteiger partial charge in [-0.25, -0.2) is 4.98 Å². The highest BCUT2D eigenvalue weighted by molar-refractivity contribution is 7.05. The van der Waals surface area contributed by atoms with Gasteiger partial charge in [0.15, 0.2) is 0 Å². The van der Waals surface area contributed by atoms with Crippen LogP contribution in [0.5, 0.6) is 0 Å². The largest absolute Gasteiger partial charge is 0.374 e. The third-order valence-corrected chi connectivity index (χ3v) is 2.05. The van der Waals surface area contributed by atoms with E-state index in [4.69, 9.17) is 10.5 Å². The van der Waals surface area contributed by atoms with Crippen molar-refractivity contribution in [1.29, 1.82) is 0 Å². The minimum atomic E-state index is -0.00481. The van der Waals surface area contributed by atoms with Crippen molar-refractivity contribution in [2.75, 3.05) is 12.8 Å². The second-order valence-electron chi connectivity index (χ2n) is 1.87. The molecule has 1 aromatic rings. The van der Waals surface area contributed by atoms with Crippen LogP contribution >= 0.6 is 11.5 Å². The molecular formula is C5H9N3OS. The maximum atomic E-state index is 5.30. The highest BCUT2D eigenvalue weighted by atomic mass is 32.1. The summed E-state index contributed by atoms with van der Waals surface area (Å²) in [5.74, 6) is 0.323. The van der Waals surface area contributed by atoms with E-state index in [-0.39, 0.29) is 6.10 Å². The van der Waals surface area contributed by atoms with Crippen LogP contribution in [0, 0.1) is 0 Å². The topological polar surface area (TPSA) is 61.0 Å². The lowest BCUT2D eigenvalue weighted by atomic mass is 10.4. The Hall–Kier alpha value is -0.680. The number of methoxy groups -OCH3 is 1. The monoisotopic (exact) mass is 159 g/mol. The van der Waals surface area contributed by atoms with Crippen molar-refractivity contribution in [2.45, 2.75) is 13.0 Å². The molecule has 0 aliphatic heterocycles. The van der Waals surface area contributed by atoms with E-state index in [9.17, 15) is 0 Å². The third-order valence-electron chi connectivity index (χ3n) is 1.16. The Morgan fingerprint density at radius 2 is 2.40 bits per heavy atom. The molecule has 1 atom stereocenters. The second kappa shape index (κ2) is 2.94. The molecule has 0 amide bonds. The summed E-state index contributed by atoms with van der Waals surface area (Å²) >= 11 is 1.27. The van der Waals surface area contributed by atoms with Crippen LogP contribution in [0.15, 0.2) is 0 Å². The summed E-state index contributed by atoms with van der Waals surface area (Å²) in [5, 5.41) is 0.819. The normalized spacial score (nSPS) is 13.4. The molecule has 5 heteroatoms. The molecule has 1 aromatic heterocycles. The van der Waals surface area contributed by atoms with Crippen LogP contribution in [0.1, 0.15) is 18.0 Å². The Morgan fingerprint density at radius 3 is 2.80 bits per heavy atom. The predicted molar refractivity (Wildman–Crippen MR) is 39.7 cm³/mol. The molecule has 1 heterocycles. The number of rotatable bonds is 2. The third kappa shape index (κ3) is 1.43. The van der Waals surface area contributed by atoms with E-state index in [1.54, 1.807) is 7.11 Å². The number of nitrogens with two attached hydrogens (primary N) is 1. The highest BCUT2D eigenvalue weighted by Crippen LogP contribution is 2.17. The van der Waals surface area contributed by atoms with Crippen LogP contribution in [-0.2, 0) is 4.74 Å². The number of ether oxygens (including phenoxy) is 1. The van der Waals surface area contributed by atoms with Crippen molar-refractivity contribution >= 4 is 17.5 Å². The lowest BCUT2D eigenvalue weighted by Gasteiger charge is -2.01. The maximum Gasteiger partial charge on any atom is 0.232 e. The molecule has 0 bridgehead atoms. The van der Waals surface area contributed by atoms with Gasteiger partial charge < -0.3 is 10.5 Å². The standard InChI is InChI=1S/C5H9N3OS/c1-3(9-2)4-7-5(6)8-10-4/h3H,1-2H3,(H2,6,8). The molecular weight excluding hydrogens is 150 g/mol. The van der Waals surface area contributed by atoms with Crippen LogP contribution in [0.4, 0.5) is 5.95 Å². The molecule has 0 saturated carbocycles. The van der Waals surface area contributed by atoms with Crippen LogP contribution in [0.3, 0.4) is 0 Å². The maximum absolute atomic E-state index is 5.30. The number of nitrogen functional groups attached to an aromatic ring is 1. The Bertz CT molecular complexity index is 212. The first kappa shape index (κ1) is 7.43. The number of hydrogen-bond acceptors (Lipinski definition) is 5. The Balaban J connectivity index is 2.74. The average Bonchev–Trinajstić information content (AvgIpc) is 2.34. The molecule has 0 aromatic carbocycles. The smallest absolute Gasteiger partial charge is 0.232 e. The van der Waals surface area contributed by atoms with Gasteiger partial charge in [0.1, 0.15) is 11.1 Å². The van der Waals surface area contributed by atoms with Gasteiger partial charge in [0.2, 0.25) is 5.95 Å². The van der Waals surface area contributed by atoms with Gasteiger partial charge >= 0.3 is 0 Å². The average molecular weight is 159 g/mol. The van der Waals surface area contributed by atoms with Crippen molar-refractivity contribution in [1.82, 2.24) is 9.36 Å². The minimum Gasteiger partial charge on any atom is -0.374 e. The van der Waals surface area contributed by atoms with Gasteiger partial charge in [0.05, 0.1) is 0 Å². The van der Waals surface area contributed by atoms with Crippen molar-refractivity contribution in [3.8, 4) is 0 Å². The van der Waals surface area contributed by atoms with E-state index in [0.29, 0.717) is 5.95 Å². The molecule has 10 heavy (non-hydrogen) atoms. The quantitative estimate of drug-likeness (QED) is 0.694. The van der Waals surface area contributed by atoms with E-state index in [2.05, 4.69) is 9.36 Å². The Morgan fingerprint density at radius 1 is 1.70 bits per heavy atom. The van der Waals surface area contributed by atoms with E-state index in [1.165, 1.54) is 11.5 Å². The van der Waals surface area contributed by atoms with Crippen LogP contribution in [-0.4, -0.2) is 16.5 Å². The number of anilines is 1. The summed E-state index contributed by atoms with van der Waals surface area (Å²) in [6, 6.07) is 0. The SMILES string of the molecule is COC(C)c1nc(N)ns1. The summed E-state index contributed by atoms with van der Waals surface area (Å²) in [6.07, 6.45) is -0.00481. The van der Waals surface area contributed by atoms with Crippen LogP contribution in [0.25, 0.3) is 0 Å². The Kier molecular flexibility index (Phi) is 2.18. The second-order valence-corrected chi connectivity index (χ2v) is 2.65. The van der Waals surface area contributed by atoms with E-state index < -0.39 is 0 Å². The number of nitrogens with zero attached hydrogens (tertiary/aromatic N) is 2. The lowest BCUT2D eigenvalue weighted by Crippen LogP contribution is -1.95. The highest BCUT2D eigenvalue weighted by Gasteiger charge is 2.08. The summed E-state index contributed by atoms with van der Waals surface area (Å²) < 4.78 is 8.82. The molecule has 4 nitrogen and oxygen atoms in total. The van der Waals surface area contributed by atoms with Crippen molar-refractivity contribution in [3.63, 3.8) is 0 Å². The zero-order chi connectivity index (χ0) is 7.56. The number of hydrogen-bond donors (Lipinski definition) is 1. The summed E-state index contributed by atoms with van der Waals surface area (Å²) in [4.78, 5) is 3.94. The van der Waals surface area contributed by atoms with Gasteiger partial charge in [0, 0.05) is 7.11 Å². The van der Waals surface area contributed by atoms with Crippen LogP contribution in [0.2, 0.25) is 0 Å². The van der Waals surface area contributed by atoms with Gasteiger partial charge in [-0.2, -0.15) is 4.37 Å².